The monoisotopic (exact) mass is 304 g/mol. The van der Waals surface area contributed by atoms with Crippen molar-refractivity contribution in [3.05, 3.63) is 35.1 Å². The SMILES string of the molecule is CC1(C)CCCN1C(CN)c1ccc(F)cc1C(F)(F)F. The van der Waals surface area contributed by atoms with Crippen LogP contribution in [0.4, 0.5) is 17.6 Å². The van der Waals surface area contributed by atoms with Gasteiger partial charge in [-0.3, -0.25) is 4.90 Å². The lowest BCUT2D eigenvalue weighted by Gasteiger charge is -2.39. The molecule has 0 radical (unpaired) electrons. The molecule has 1 aromatic rings. The number of benzene rings is 1. The van der Waals surface area contributed by atoms with Crippen molar-refractivity contribution in [1.82, 2.24) is 4.90 Å². The minimum atomic E-state index is -4.59. The molecule has 2 rings (SSSR count). The Balaban J connectivity index is 2.48. The molecule has 1 aromatic carbocycles. The van der Waals surface area contributed by atoms with Crippen molar-refractivity contribution in [2.75, 3.05) is 13.1 Å². The Morgan fingerprint density at radius 2 is 2.00 bits per heavy atom. The number of likely N-dealkylation sites (tertiary alicyclic amines) is 1. The maximum absolute atomic E-state index is 13.2. The number of nitrogens with two attached hydrogens (primary N) is 1. The lowest BCUT2D eigenvalue weighted by atomic mass is 9.94. The lowest BCUT2D eigenvalue weighted by Crippen LogP contribution is -2.44. The second kappa shape index (κ2) is 5.57. The summed E-state index contributed by atoms with van der Waals surface area (Å²) in [4.78, 5) is 2.00. The van der Waals surface area contributed by atoms with E-state index in [1.165, 1.54) is 6.07 Å². The van der Waals surface area contributed by atoms with Crippen molar-refractivity contribution >= 4 is 0 Å². The van der Waals surface area contributed by atoms with E-state index in [9.17, 15) is 17.6 Å². The van der Waals surface area contributed by atoms with Gasteiger partial charge in [-0.15, -0.1) is 0 Å². The predicted molar refractivity (Wildman–Crippen MR) is 73.2 cm³/mol. The number of hydrogen-bond donors (Lipinski definition) is 1. The number of nitrogens with zero attached hydrogens (tertiary/aromatic N) is 1. The molecule has 1 atom stereocenters. The van der Waals surface area contributed by atoms with Crippen LogP contribution in [-0.2, 0) is 6.18 Å². The molecule has 0 spiro atoms. The molecular formula is C15H20F4N2. The quantitative estimate of drug-likeness (QED) is 0.862. The first-order valence-corrected chi connectivity index (χ1v) is 7.00. The van der Waals surface area contributed by atoms with E-state index >= 15 is 0 Å². The molecule has 1 heterocycles. The van der Waals surface area contributed by atoms with Crippen LogP contribution in [0.2, 0.25) is 0 Å². The molecule has 0 bridgehead atoms. The molecular weight excluding hydrogens is 284 g/mol. The first-order chi connectivity index (χ1) is 9.66. The highest BCUT2D eigenvalue weighted by molar-refractivity contribution is 5.34. The van der Waals surface area contributed by atoms with Crippen LogP contribution in [0.3, 0.4) is 0 Å². The normalized spacial score (nSPS) is 20.7. The Morgan fingerprint density at radius 3 is 2.48 bits per heavy atom. The van der Waals surface area contributed by atoms with Gasteiger partial charge in [0.25, 0.3) is 0 Å². The minimum absolute atomic E-state index is 0.0568. The fourth-order valence-electron chi connectivity index (χ4n) is 3.19. The van der Waals surface area contributed by atoms with Crippen molar-refractivity contribution in [2.24, 2.45) is 5.73 Å². The van der Waals surface area contributed by atoms with Crippen LogP contribution >= 0.6 is 0 Å². The van der Waals surface area contributed by atoms with Gasteiger partial charge < -0.3 is 5.73 Å². The Morgan fingerprint density at radius 1 is 1.33 bits per heavy atom. The summed E-state index contributed by atoms with van der Waals surface area (Å²) in [5, 5.41) is 0. The molecule has 2 N–H and O–H groups in total. The standard InChI is InChI=1S/C15H20F4N2/c1-14(2)6-3-7-21(14)13(9-20)11-5-4-10(16)8-12(11)15(17,18)19/h4-5,8,13H,3,6-7,9,20H2,1-2H3. The van der Waals surface area contributed by atoms with E-state index in [-0.39, 0.29) is 17.6 Å². The highest BCUT2D eigenvalue weighted by Gasteiger charge is 2.41. The van der Waals surface area contributed by atoms with E-state index in [2.05, 4.69) is 0 Å². The molecule has 21 heavy (non-hydrogen) atoms. The topological polar surface area (TPSA) is 29.3 Å². The zero-order valence-corrected chi connectivity index (χ0v) is 12.2. The van der Waals surface area contributed by atoms with Crippen LogP contribution < -0.4 is 5.73 Å². The van der Waals surface area contributed by atoms with Gasteiger partial charge in [0.2, 0.25) is 0 Å². The lowest BCUT2D eigenvalue weighted by molar-refractivity contribution is -0.139. The summed E-state index contributed by atoms with van der Waals surface area (Å²) in [6, 6.07) is 2.28. The van der Waals surface area contributed by atoms with E-state index in [1.807, 2.05) is 18.7 Å². The number of alkyl halides is 3. The third-order valence-electron chi connectivity index (χ3n) is 4.24. The molecule has 1 aliphatic rings. The van der Waals surface area contributed by atoms with E-state index in [1.54, 1.807) is 0 Å². The van der Waals surface area contributed by atoms with Crippen molar-refractivity contribution in [3.8, 4) is 0 Å². The number of rotatable bonds is 3. The van der Waals surface area contributed by atoms with E-state index < -0.39 is 23.6 Å². The summed E-state index contributed by atoms with van der Waals surface area (Å²) >= 11 is 0. The molecule has 1 aliphatic heterocycles. The molecule has 0 amide bonds. The maximum atomic E-state index is 13.2. The Hall–Kier alpha value is -1.14. The van der Waals surface area contributed by atoms with Gasteiger partial charge >= 0.3 is 6.18 Å². The summed E-state index contributed by atoms with van der Waals surface area (Å²) < 4.78 is 52.8. The van der Waals surface area contributed by atoms with Crippen LogP contribution in [0.1, 0.15) is 43.9 Å². The molecule has 1 fully saturated rings. The average molecular weight is 304 g/mol. The third-order valence-corrected chi connectivity index (χ3v) is 4.24. The van der Waals surface area contributed by atoms with Crippen molar-refractivity contribution in [2.45, 2.75) is 44.4 Å². The van der Waals surface area contributed by atoms with Gasteiger partial charge in [0, 0.05) is 18.1 Å². The van der Waals surface area contributed by atoms with Gasteiger partial charge in [-0.05, 0) is 50.9 Å². The Labute approximate surface area is 121 Å². The zero-order chi connectivity index (χ0) is 15.8. The molecule has 2 nitrogen and oxygen atoms in total. The van der Waals surface area contributed by atoms with Crippen LogP contribution in [0.25, 0.3) is 0 Å². The molecule has 0 aromatic heterocycles. The van der Waals surface area contributed by atoms with Gasteiger partial charge in [-0.2, -0.15) is 13.2 Å². The van der Waals surface area contributed by atoms with Gasteiger partial charge in [-0.1, -0.05) is 6.07 Å². The number of halogens is 4. The average Bonchev–Trinajstić information content (AvgIpc) is 2.71. The van der Waals surface area contributed by atoms with Crippen LogP contribution in [0.15, 0.2) is 18.2 Å². The van der Waals surface area contributed by atoms with Crippen molar-refractivity contribution in [3.63, 3.8) is 0 Å². The van der Waals surface area contributed by atoms with E-state index in [0.717, 1.165) is 18.9 Å². The summed E-state index contributed by atoms with van der Waals surface area (Å²) in [6.07, 6.45) is -2.76. The Bertz CT molecular complexity index is 511. The molecule has 0 saturated carbocycles. The molecule has 118 valence electrons. The molecule has 1 saturated heterocycles. The van der Waals surface area contributed by atoms with E-state index in [4.69, 9.17) is 5.73 Å². The molecule has 0 aliphatic carbocycles. The van der Waals surface area contributed by atoms with Crippen LogP contribution in [0, 0.1) is 5.82 Å². The van der Waals surface area contributed by atoms with Gasteiger partial charge in [0.1, 0.15) is 5.82 Å². The van der Waals surface area contributed by atoms with Crippen LogP contribution in [-0.4, -0.2) is 23.5 Å². The first-order valence-electron chi connectivity index (χ1n) is 7.00. The summed E-state index contributed by atoms with van der Waals surface area (Å²) in [5.74, 6) is -0.887. The smallest absolute Gasteiger partial charge is 0.329 e. The zero-order valence-electron chi connectivity index (χ0n) is 12.2. The van der Waals surface area contributed by atoms with Gasteiger partial charge in [0.05, 0.1) is 5.56 Å². The largest absolute Gasteiger partial charge is 0.416 e. The van der Waals surface area contributed by atoms with E-state index in [0.29, 0.717) is 12.6 Å². The van der Waals surface area contributed by atoms with Gasteiger partial charge in [-0.25, -0.2) is 4.39 Å². The Kier molecular flexibility index (Phi) is 4.31. The fraction of sp³-hybridized carbons (Fsp3) is 0.600. The van der Waals surface area contributed by atoms with Crippen molar-refractivity contribution < 1.29 is 17.6 Å². The van der Waals surface area contributed by atoms with Crippen molar-refractivity contribution in [1.29, 1.82) is 0 Å². The highest BCUT2D eigenvalue weighted by atomic mass is 19.4. The summed E-state index contributed by atoms with van der Waals surface area (Å²) in [6.45, 7) is 4.76. The van der Waals surface area contributed by atoms with Gasteiger partial charge in [0.15, 0.2) is 0 Å². The maximum Gasteiger partial charge on any atom is 0.416 e. The first kappa shape index (κ1) is 16.2. The highest BCUT2D eigenvalue weighted by Crippen LogP contribution is 2.41. The molecule has 1 unspecified atom stereocenters. The third kappa shape index (κ3) is 3.21. The minimum Gasteiger partial charge on any atom is -0.329 e. The second-order valence-corrected chi connectivity index (χ2v) is 6.09. The molecule has 6 heteroatoms. The fourth-order valence-corrected chi connectivity index (χ4v) is 3.19. The second-order valence-electron chi connectivity index (χ2n) is 6.09. The summed E-state index contributed by atoms with van der Waals surface area (Å²) in [5.41, 5.74) is 4.67. The van der Waals surface area contributed by atoms with Crippen LogP contribution in [0.5, 0.6) is 0 Å². The predicted octanol–water partition coefficient (Wildman–Crippen LogP) is 3.72. The number of hydrogen-bond acceptors (Lipinski definition) is 2. The summed E-state index contributed by atoms with van der Waals surface area (Å²) in [7, 11) is 0.